The highest BCUT2D eigenvalue weighted by atomic mass is 32.1. The standard InChI is InChI=1S/C8H7N3OS/c12-8(11-6-13)2-1-7-3-9-5-10-4-7/h1-6H,(H,11,12,13). The molecule has 0 atom stereocenters. The highest BCUT2D eigenvalue weighted by Gasteiger charge is 1.90. The second-order valence-electron chi connectivity index (χ2n) is 2.13. The van der Waals surface area contributed by atoms with Crippen LogP contribution in [-0.4, -0.2) is 21.4 Å². The normalized spacial score (nSPS) is 9.85. The van der Waals surface area contributed by atoms with Gasteiger partial charge in [-0.2, -0.15) is 0 Å². The number of aromatic nitrogens is 2. The van der Waals surface area contributed by atoms with E-state index in [1.54, 1.807) is 18.5 Å². The van der Waals surface area contributed by atoms with Gasteiger partial charge in [0.2, 0.25) is 5.91 Å². The molecule has 0 unspecified atom stereocenters. The smallest absolute Gasteiger partial charge is 0.248 e. The van der Waals surface area contributed by atoms with Crippen molar-refractivity contribution in [1.82, 2.24) is 15.3 Å². The van der Waals surface area contributed by atoms with Gasteiger partial charge in [-0.1, -0.05) is 12.2 Å². The number of carbonyl (C=O) groups is 1. The van der Waals surface area contributed by atoms with E-state index in [-0.39, 0.29) is 5.91 Å². The molecule has 0 aliphatic carbocycles. The Morgan fingerprint density at radius 3 is 2.77 bits per heavy atom. The molecular weight excluding hydrogens is 186 g/mol. The Kier molecular flexibility index (Phi) is 3.72. The molecule has 1 amide bonds. The molecule has 0 radical (unpaired) electrons. The number of amides is 1. The average molecular weight is 193 g/mol. The van der Waals surface area contributed by atoms with Crippen molar-refractivity contribution in [1.29, 1.82) is 0 Å². The lowest BCUT2D eigenvalue weighted by Crippen LogP contribution is -2.16. The summed E-state index contributed by atoms with van der Waals surface area (Å²) >= 11 is 4.44. The van der Waals surface area contributed by atoms with Crippen LogP contribution in [0.15, 0.2) is 24.8 Å². The predicted octanol–water partition coefficient (Wildman–Crippen LogP) is 0.563. The van der Waals surface area contributed by atoms with Gasteiger partial charge in [0, 0.05) is 24.0 Å². The van der Waals surface area contributed by atoms with Crippen molar-refractivity contribution in [2.75, 3.05) is 0 Å². The van der Waals surface area contributed by atoms with Crippen LogP contribution in [0.1, 0.15) is 5.56 Å². The van der Waals surface area contributed by atoms with Gasteiger partial charge < -0.3 is 5.32 Å². The van der Waals surface area contributed by atoms with Crippen LogP contribution in [0.2, 0.25) is 0 Å². The third kappa shape index (κ3) is 3.53. The van der Waals surface area contributed by atoms with Gasteiger partial charge >= 0.3 is 0 Å². The van der Waals surface area contributed by atoms with E-state index < -0.39 is 0 Å². The fraction of sp³-hybridized carbons (Fsp3) is 0. The van der Waals surface area contributed by atoms with E-state index in [0.29, 0.717) is 0 Å². The van der Waals surface area contributed by atoms with E-state index >= 15 is 0 Å². The zero-order valence-corrected chi connectivity index (χ0v) is 7.49. The van der Waals surface area contributed by atoms with Gasteiger partial charge in [0.15, 0.2) is 0 Å². The summed E-state index contributed by atoms with van der Waals surface area (Å²) in [5.41, 5.74) is 1.93. The van der Waals surface area contributed by atoms with Crippen LogP contribution in [0, 0.1) is 0 Å². The van der Waals surface area contributed by atoms with Crippen molar-refractivity contribution in [3.8, 4) is 0 Å². The highest BCUT2D eigenvalue weighted by Crippen LogP contribution is 1.95. The maximum absolute atomic E-state index is 10.9. The first-order chi connectivity index (χ1) is 6.33. The number of rotatable bonds is 3. The third-order valence-corrected chi connectivity index (χ3v) is 1.33. The molecule has 4 nitrogen and oxygen atoms in total. The van der Waals surface area contributed by atoms with E-state index in [0.717, 1.165) is 11.1 Å². The van der Waals surface area contributed by atoms with E-state index in [1.807, 2.05) is 0 Å². The van der Waals surface area contributed by atoms with Crippen LogP contribution in [0.5, 0.6) is 0 Å². The Morgan fingerprint density at radius 1 is 1.46 bits per heavy atom. The van der Waals surface area contributed by atoms with Crippen LogP contribution in [0.3, 0.4) is 0 Å². The second kappa shape index (κ2) is 5.10. The summed E-state index contributed by atoms with van der Waals surface area (Å²) < 4.78 is 0. The number of thiocarbonyl (C=S) groups is 1. The molecule has 1 rings (SSSR count). The maximum Gasteiger partial charge on any atom is 0.248 e. The maximum atomic E-state index is 10.9. The Morgan fingerprint density at radius 2 is 2.15 bits per heavy atom. The first kappa shape index (κ1) is 9.47. The molecule has 1 aromatic heterocycles. The second-order valence-corrected chi connectivity index (χ2v) is 2.37. The molecule has 0 fully saturated rings. The molecule has 66 valence electrons. The summed E-state index contributed by atoms with van der Waals surface area (Å²) in [5.74, 6) is -0.265. The SMILES string of the molecule is O=C(C=Cc1cncnc1)NC=S. The third-order valence-electron chi connectivity index (χ3n) is 1.21. The van der Waals surface area contributed by atoms with Gasteiger partial charge in [0.05, 0.1) is 5.49 Å². The average Bonchev–Trinajstić information content (AvgIpc) is 2.17. The topological polar surface area (TPSA) is 54.9 Å². The number of nitrogens with one attached hydrogen (secondary N) is 1. The van der Waals surface area contributed by atoms with Crippen LogP contribution >= 0.6 is 12.2 Å². The molecule has 5 heteroatoms. The fourth-order valence-electron chi connectivity index (χ4n) is 0.675. The molecule has 0 aliphatic rings. The molecular formula is C8H7N3OS. The lowest BCUT2D eigenvalue weighted by atomic mass is 10.3. The van der Waals surface area contributed by atoms with Gasteiger partial charge in [0.25, 0.3) is 0 Å². The van der Waals surface area contributed by atoms with E-state index in [4.69, 9.17) is 0 Å². The van der Waals surface area contributed by atoms with Crippen molar-refractivity contribution in [3.05, 3.63) is 30.4 Å². The van der Waals surface area contributed by atoms with E-state index in [9.17, 15) is 4.79 Å². The van der Waals surface area contributed by atoms with Gasteiger partial charge in [-0.05, 0) is 6.08 Å². The largest absolute Gasteiger partial charge is 0.319 e. The van der Waals surface area contributed by atoms with Crippen LogP contribution in [0.4, 0.5) is 0 Å². The minimum Gasteiger partial charge on any atom is -0.319 e. The predicted molar refractivity (Wildman–Crippen MR) is 52.9 cm³/mol. The summed E-state index contributed by atoms with van der Waals surface area (Å²) in [5, 5.41) is 2.34. The number of hydrogen-bond acceptors (Lipinski definition) is 4. The summed E-state index contributed by atoms with van der Waals surface area (Å²) in [6, 6.07) is 0. The van der Waals surface area contributed by atoms with Crippen molar-refractivity contribution >= 4 is 29.7 Å². The molecule has 0 aliphatic heterocycles. The molecule has 1 aromatic rings. The van der Waals surface area contributed by atoms with Crippen molar-refractivity contribution < 1.29 is 4.79 Å². The Hall–Kier alpha value is -1.62. The van der Waals surface area contributed by atoms with Gasteiger partial charge in [0.1, 0.15) is 6.33 Å². The van der Waals surface area contributed by atoms with E-state index in [2.05, 4.69) is 27.5 Å². The van der Waals surface area contributed by atoms with Crippen LogP contribution < -0.4 is 5.32 Å². The molecule has 0 bridgehead atoms. The lowest BCUT2D eigenvalue weighted by molar-refractivity contribution is -0.115. The summed E-state index contributed by atoms with van der Waals surface area (Å²) in [7, 11) is 0. The first-order valence-electron chi connectivity index (χ1n) is 3.50. The summed E-state index contributed by atoms with van der Waals surface area (Å²) in [6.07, 6.45) is 7.60. The monoisotopic (exact) mass is 193 g/mol. The molecule has 1 N–H and O–H groups in total. The van der Waals surface area contributed by atoms with Crippen LogP contribution in [-0.2, 0) is 4.79 Å². The first-order valence-corrected chi connectivity index (χ1v) is 3.97. The minimum absolute atomic E-state index is 0.265. The van der Waals surface area contributed by atoms with Gasteiger partial charge in [-0.25, -0.2) is 9.97 Å². The quantitative estimate of drug-likeness (QED) is 0.563. The van der Waals surface area contributed by atoms with Crippen molar-refractivity contribution in [2.24, 2.45) is 0 Å². The molecule has 0 spiro atoms. The minimum atomic E-state index is -0.265. The Balaban J connectivity index is 2.58. The fourth-order valence-corrected chi connectivity index (χ4v) is 0.791. The van der Waals surface area contributed by atoms with Crippen molar-refractivity contribution in [2.45, 2.75) is 0 Å². The van der Waals surface area contributed by atoms with Crippen molar-refractivity contribution in [3.63, 3.8) is 0 Å². The Bertz CT molecular complexity index is 323. The molecule has 0 aromatic carbocycles. The molecule has 1 heterocycles. The number of nitrogens with zero attached hydrogens (tertiary/aromatic N) is 2. The molecule has 0 saturated carbocycles. The van der Waals surface area contributed by atoms with Crippen LogP contribution in [0.25, 0.3) is 6.08 Å². The lowest BCUT2D eigenvalue weighted by Gasteiger charge is -1.90. The molecule has 13 heavy (non-hydrogen) atoms. The number of hydrogen-bond donors (Lipinski definition) is 1. The zero-order valence-electron chi connectivity index (χ0n) is 6.68. The number of carbonyl (C=O) groups excluding carboxylic acids is 1. The summed E-state index contributed by atoms with van der Waals surface area (Å²) in [6.45, 7) is 0. The highest BCUT2D eigenvalue weighted by molar-refractivity contribution is 7.78. The van der Waals surface area contributed by atoms with E-state index in [1.165, 1.54) is 12.4 Å². The zero-order chi connectivity index (χ0) is 9.52. The summed E-state index contributed by atoms with van der Waals surface area (Å²) in [4.78, 5) is 18.5. The van der Waals surface area contributed by atoms with Gasteiger partial charge in [-0.3, -0.25) is 4.79 Å². The molecule has 0 saturated heterocycles. The van der Waals surface area contributed by atoms with Gasteiger partial charge in [-0.15, -0.1) is 0 Å². The Labute approximate surface area is 80.7 Å².